The van der Waals surface area contributed by atoms with E-state index >= 15 is 0 Å². The minimum absolute atomic E-state index is 0.167. The number of hydrogen-bond donors (Lipinski definition) is 1. The smallest absolute Gasteiger partial charge is 0.349 e. The third-order valence-corrected chi connectivity index (χ3v) is 4.07. The van der Waals surface area contributed by atoms with E-state index in [-0.39, 0.29) is 17.0 Å². The fraction of sp³-hybridized carbons (Fsp3) is 0.143. The Morgan fingerprint density at radius 1 is 1.21 bits per heavy atom. The van der Waals surface area contributed by atoms with Crippen LogP contribution in [0, 0.1) is 11.3 Å². The molecule has 7 heteroatoms. The number of benzene rings is 2. The van der Waals surface area contributed by atoms with Gasteiger partial charge in [-0.1, -0.05) is 24.3 Å². The monoisotopic (exact) mass is 375 g/mol. The van der Waals surface area contributed by atoms with Crippen LogP contribution in [0.4, 0.5) is 0 Å². The van der Waals surface area contributed by atoms with Crippen LogP contribution in [0.15, 0.2) is 58.9 Å². The number of aromatic amines is 1. The maximum absolute atomic E-state index is 12.4. The maximum atomic E-state index is 12.4. The molecule has 1 aromatic heterocycles. The molecular weight excluding hydrogens is 358 g/mol. The van der Waals surface area contributed by atoms with Crippen molar-refractivity contribution in [2.45, 2.75) is 13.0 Å². The Kier molecular flexibility index (Phi) is 5.51. The highest BCUT2D eigenvalue weighted by Gasteiger charge is 2.18. The average Bonchev–Trinajstić information content (AvgIpc) is 2.72. The number of aromatic nitrogens is 2. The second kappa shape index (κ2) is 8.18. The number of nitrogens with one attached hydrogen (secondary N) is 1. The van der Waals surface area contributed by atoms with E-state index in [4.69, 9.17) is 9.47 Å². The first-order valence-corrected chi connectivity index (χ1v) is 8.47. The van der Waals surface area contributed by atoms with E-state index in [9.17, 15) is 14.9 Å². The van der Waals surface area contributed by atoms with Crippen LogP contribution in [0.25, 0.3) is 17.0 Å². The van der Waals surface area contributed by atoms with Crippen molar-refractivity contribution in [2.24, 2.45) is 0 Å². The zero-order chi connectivity index (χ0) is 20.1. The number of H-pyrrole nitrogens is 1. The number of carbonyl (C=O) groups excluding carboxylic acids is 1. The third-order valence-electron chi connectivity index (χ3n) is 4.07. The molecule has 0 unspecified atom stereocenters. The Morgan fingerprint density at radius 2 is 1.93 bits per heavy atom. The number of hydrogen-bond acceptors (Lipinski definition) is 6. The summed E-state index contributed by atoms with van der Waals surface area (Å²) in [6.07, 6.45) is 0.586. The van der Waals surface area contributed by atoms with Crippen molar-refractivity contribution in [3.63, 3.8) is 0 Å². The molecule has 0 radical (unpaired) electrons. The highest BCUT2D eigenvalue weighted by molar-refractivity contribution is 5.98. The number of para-hydroxylation sites is 1. The summed E-state index contributed by atoms with van der Waals surface area (Å²) in [5, 5.41) is 9.76. The molecule has 1 N–H and O–H groups in total. The summed E-state index contributed by atoms with van der Waals surface area (Å²) < 4.78 is 10.4. The standard InChI is InChI=1S/C21H17N3O4/c1-13(19-23-18-6-4-3-5-17(18)20(25)24-19)28-21(26)15(12-22)11-14-7-9-16(27-2)10-8-14/h3-11,13H,1-2H3,(H,23,24,25)/b15-11+/t13-/m1/s1. The highest BCUT2D eigenvalue weighted by Crippen LogP contribution is 2.18. The Bertz CT molecular complexity index is 1140. The molecule has 1 atom stereocenters. The molecule has 140 valence electrons. The lowest BCUT2D eigenvalue weighted by atomic mass is 10.1. The summed E-state index contributed by atoms with van der Waals surface area (Å²) in [6, 6.07) is 15.6. The molecule has 7 nitrogen and oxygen atoms in total. The molecule has 2 aromatic carbocycles. The molecule has 1 heterocycles. The first kappa shape index (κ1) is 18.9. The summed E-state index contributed by atoms with van der Waals surface area (Å²) in [4.78, 5) is 31.5. The molecule has 3 rings (SSSR count). The van der Waals surface area contributed by atoms with E-state index in [2.05, 4.69) is 9.97 Å². The first-order valence-electron chi connectivity index (χ1n) is 8.47. The van der Waals surface area contributed by atoms with Gasteiger partial charge in [-0.2, -0.15) is 5.26 Å². The molecule has 0 aliphatic carbocycles. The van der Waals surface area contributed by atoms with Gasteiger partial charge in [0.25, 0.3) is 5.56 Å². The summed E-state index contributed by atoms with van der Waals surface area (Å²) in [5.74, 6) is 0.0682. The number of fused-ring (bicyclic) bond motifs is 1. The molecule has 0 aliphatic heterocycles. The number of methoxy groups -OCH3 is 1. The normalized spacial score (nSPS) is 12.2. The number of nitriles is 1. The Balaban J connectivity index is 1.81. The van der Waals surface area contributed by atoms with Gasteiger partial charge in [-0.25, -0.2) is 9.78 Å². The van der Waals surface area contributed by atoms with E-state index in [0.717, 1.165) is 0 Å². The summed E-state index contributed by atoms with van der Waals surface area (Å²) >= 11 is 0. The van der Waals surface area contributed by atoms with E-state index < -0.39 is 12.1 Å². The van der Waals surface area contributed by atoms with Gasteiger partial charge in [-0.15, -0.1) is 0 Å². The van der Waals surface area contributed by atoms with Crippen LogP contribution < -0.4 is 10.3 Å². The van der Waals surface area contributed by atoms with E-state index in [1.54, 1.807) is 62.6 Å². The number of carbonyl (C=O) groups is 1. The molecule has 28 heavy (non-hydrogen) atoms. The molecular formula is C21H17N3O4. The fourth-order valence-corrected chi connectivity index (χ4v) is 2.58. The van der Waals surface area contributed by atoms with Crippen molar-refractivity contribution >= 4 is 22.9 Å². The lowest BCUT2D eigenvalue weighted by Gasteiger charge is -2.12. The van der Waals surface area contributed by atoms with Crippen LogP contribution >= 0.6 is 0 Å². The largest absolute Gasteiger partial charge is 0.497 e. The van der Waals surface area contributed by atoms with E-state index in [1.807, 2.05) is 6.07 Å². The number of esters is 1. The summed E-state index contributed by atoms with van der Waals surface area (Å²) in [6.45, 7) is 1.58. The van der Waals surface area contributed by atoms with Gasteiger partial charge < -0.3 is 14.5 Å². The predicted molar refractivity (Wildman–Crippen MR) is 103 cm³/mol. The number of rotatable bonds is 5. The minimum Gasteiger partial charge on any atom is -0.497 e. The lowest BCUT2D eigenvalue weighted by Crippen LogP contribution is -2.18. The van der Waals surface area contributed by atoms with Crippen molar-refractivity contribution in [1.29, 1.82) is 5.26 Å². The topological polar surface area (TPSA) is 105 Å². The molecule has 3 aromatic rings. The van der Waals surface area contributed by atoms with Crippen molar-refractivity contribution in [1.82, 2.24) is 9.97 Å². The minimum atomic E-state index is -0.836. The Morgan fingerprint density at radius 3 is 2.61 bits per heavy atom. The van der Waals surface area contributed by atoms with E-state index in [1.165, 1.54) is 6.08 Å². The van der Waals surface area contributed by atoms with Crippen LogP contribution in [0.5, 0.6) is 5.75 Å². The molecule has 0 fully saturated rings. The summed E-state index contributed by atoms with van der Waals surface area (Å²) in [7, 11) is 1.55. The predicted octanol–water partition coefficient (Wildman–Crippen LogP) is 3.14. The van der Waals surface area contributed by atoms with Crippen LogP contribution in [0.3, 0.4) is 0 Å². The summed E-state index contributed by atoms with van der Waals surface area (Å²) in [5.41, 5.74) is 0.663. The fourth-order valence-electron chi connectivity index (χ4n) is 2.58. The molecule has 0 spiro atoms. The van der Waals surface area contributed by atoms with Crippen molar-refractivity contribution < 1.29 is 14.3 Å². The SMILES string of the molecule is COc1ccc(/C=C(\C#N)C(=O)O[C@H](C)c2nc3ccccc3c(=O)[nH]2)cc1. The lowest BCUT2D eigenvalue weighted by molar-refractivity contribution is -0.143. The van der Waals surface area contributed by atoms with Crippen molar-refractivity contribution in [2.75, 3.05) is 7.11 Å². The van der Waals surface area contributed by atoms with Gasteiger partial charge in [0.1, 0.15) is 17.4 Å². The van der Waals surface area contributed by atoms with Gasteiger partial charge in [0.15, 0.2) is 11.9 Å². The van der Waals surface area contributed by atoms with Gasteiger partial charge in [-0.3, -0.25) is 4.79 Å². The van der Waals surface area contributed by atoms with Gasteiger partial charge in [0, 0.05) is 0 Å². The van der Waals surface area contributed by atoms with Crippen LogP contribution in [-0.2, 0) is 9.53 Å². The zero-order valence-corrected chi connectivity index (χ0v) is 15.3. The average molecular weight is 375 g/mol. The highest BCUT2D eigenvalue weighted by atomic mass is 16.5. The molecule has 0 saturated carbocycles. The number of ether oxygens (including phenoxy) is 2. The quantitative estimate of drug-likeness (QED) is 0.417. The Labute approximate surface area is 160 Å². The van der Waals surface area contributed by atoms with Crippen molar-refractivity contribution in [3.8, 4) is 11.8 Å². The van der Waals surface area contributed by atoms with Gasteiger partial charge in [-0.05, 0) is 42.8 Å². The molecule has 0 bridgehead atoms. The van der Waals surface area contributed by atoms with Crippen molar-refractivity contribution in [3.05, 3.63) is 75.8 Å². The molecule has 0 aliphatic rings. The van der Waals surface area contributed by atoms with Gasteiger partial charge in [0.2, 0.25) is 0 Å². The zero-order valence-electron chi connectivity index (χ0n) is 15.3. The van der Waals surface area contributed by atoms with Crippen LogP contribution in [0.2, 0.25) is 0 Å². The van der Waals surface area contributed by atoms with E-state index in [0.29, 0.717) is 22.2 Å². The maximum Gasteiger partial charge on any atom is 0.349 e. The first-order chi connectivity index (χ1) is 13.5. The second-order valence-corrected chi connectivity index (χ2v) is 5.96. The molecule has 0 saturated heterocycles. The van der Waals surface area contributed by atoms with Crippen LogP contribution in [-0.4, -0.2) is 23.0 Å². The number of nitrogens with zero attached hydrogens (tertiary/aromatic N) is 2. The van der Waals surface area contributed by atoms with Gasteiger partial charge >= 0.3 is 5.97 Å². The van der Waals surface area contributed by atoms with Gasteiger partial charge in [0.05, 0.1) is 18.0 Å². The Hall–Kier alpha value is -3.92. The van der Waals surface area contributed by atoms with Crippen LogP contribution in [0.1, 0.15) is 24.4 Å². The second-order valence-electron chi connectivity index (χ2n) is 5.96. The molecule has 0 amide bonds. The third kappa shape index (κ3) is 4.07.